The summed E-state index contributed by atoms with van der Waals surface area (Å²) in [5.41, 5.74) is 3.25. The van der Waals surface area contributed by atoms with Crippen LogP contribution in [0.1, 0.15) is 29.9 Å². The lowest BCUT2D eigenvalue weighted by atomic mass is 10.1. The minimum absolute atomic E-state index is 0.416. The molecular formula is C15H19NO2. The second kappa shape index (κ2) is 5.27. The maximum absolute atomic E-state index is 9.47. The van der Waals surface area contributed by atoms with E-state index in [4.69, 9.17) is 4.42 Å². The van der Waals surface area contributed by atoms with Gasteiger partial charge in [0, 0.05) is 24.8 Å². The number of hydrogen-bond donors (Lipinski definition) is 1. The molecule has 2 rings (SSSR count). The van der Waals surface area contributed by atoms with Gasteiger partial charge < -0.3 is 14.4 Å². The number of furan rings is 1. The van der Waals surface area contributed by atoms with E-state index >= 15 is 0 Å². The van der Waals surface area contributed by atoms with Gasteiger partial charge in [0.1, 0.15) is 5.76 Å². The molecule has 0 aliphatic carbocycles. The van der Waals surface area contributed by atoms with E-state index in [1.165, 1.54) is 5.56 Å². The summed E-state index contributed by atoms with van der Waals surface area (Å²) in [5.74, 6) is 0.961. The summed E-state index contributed by atoms with van der Waals surface area (Å²) in [7, 11) is 2.05. The third-order valence-electron chi connectivity index (χ3n) is 3.19. The van der Waals surface area contributed by atoms with Crippen molar-refractivity contribution >= 4 is 5.69 Å². The molecule has 2 aromatic rings. The highest BCUT2D eigenvalue weighted by Gasteiger charge is 2.07. The molecule has 0 unspecified atom stereocenters. The largest absolute Gasteiger partial charge is 0.469 e. The quantitative estimate of drug-likeness (QED) is 0.898. The van der Waals surface area contributed by atoms with Gasteiger partial charge in [-0.2, -0.15) is 0 Å². The smallest absolute Gasteiger partial charge is 0.105 e. The van der Waals surface area contributed by atoms with E-state index in [1.807, 2.05) is 44.3 Å². The average molecular weight is 245 g/mol. The molecule has 1 atom stereocenters. The van der Waals surface area contributed by atoms with Crippen molar-refractivity contribution in [2.75, 3.05) is 11.9 Å². The zero-order valence-electron chi connectivity index (χ0n) is 11.1. The maximum Gasteiger partial charge on any atom is 0.105 e. The molecule has 1 aromatic carbocycles. The van der Waals surface area contributed by atoms with Gasteiger partial charge >= 0.3 is 0 Å². The van der Waals surface area contributed by atoms with E-state index in [-0.39, 0.29) is 0 Å². The highest BCUT2D eigenvalue weighted by atomic mass is 16.3. The number of nitrogens with zero attached hydrogens (tertiary/aromatic N) is 1. The molecule has 3 heteroatoms. The van der Waals surface area contributed by atoms with Gasteiger partial charge in [0.05, 0.1) is 12.4 Å². The third kappa shape index (κ3) is 2.74. The molecule has 1 aromatic heterocycles. The Morgan fingerprint density at radius 3 is 2.39 bits per heavy atom. The Bertz CT molecular complexity index is 499. The molecule has 0 saturated carbocycles. The highest BCUT2D eigenvalue weighted by molar-refractivity contribution is 5.47. The molecule has 1 heterocycles. The first kappa shape index (κ1) is 12.7. The number of rotatable bonds is 4. The summed E-state index contributed by atoms with van der Waals surface area (Å²) in [4.78, 5) is 2.16. The minimum Gasteiger partial charge on any atom is -0.469 e. The topological polar surface area (TPSA) is 36.6 Å². The number of anilines is 1. The molecule has 1 N–H and O–H groups in total. The number of aliphatic hydroxyl groups excluding tert-OH is 1. The van der Waals surface area contributed by atoms with E-state index in [9.17, 15) is 5.11 Å². The Labute approximate surface area is 108 Å². The predicted molar refractivity (Wildman–Crippen MR) is 72.6 cm³/mol. The van der Waals surface area contributed by atoms with Gasteiger partial charge in [-0.25, -0.2) is 0 Å². The fourth-order valence-electron chi connectivity index (χ4n) is 1.93. The van der Waals surface area contributed by atoms with Crippen LogP contribution in [0.2, 0.25) is 0 Å². The Morgan fingerprint density at radius 1 is 1.22 bits per heavy atom. The average Bonchev–Trinajstić information content (AvgIpc) is 2.75. The normalized spacial score (nSPS) is 12.4. The molecule has 0 radical (unpaired) electrons. The molecule has 0 fully saturated rings. The summed E-state index contributed by atoms with van der Waals surface area (Å²) in [6, 6.07) is 9.96. The molecule has 0 aliphatic heterocycles. The first-order valence-corrected chi connectivity index (χ1v) is 6.10. The molecule has 0 amide bonds. The van der Waals surface area contributed by atoms with Crippen molar-refractivity contribution in [2.45, 2.75) is 26.5 Å². The lowest BCUT2D eigenvalue weighted by molar-refractivity contribution is 0.199. The fraction of sp³-hybridized carbons (Fsp3) is 0.333. The minimum atomic E-state index is -0.416. The van der Waals surface area contributed by atoms with Gasteiger partial charge in [-0.1, -0.05) is 12.1 Å². The van der Waals surface area contributed by atoms with Crippen LogP contribution in [0.25, 0.3) is 0 Å². The van der Waals surface area contributed by atoms with Crippen LogP contribution in [-0.2, 0) is 6.54 Å². The molecule has 0 bridgehead atoms. The zero-order chi connectivity index (χ0) is 13.1. The van der Waals surface area contributed by atoms with Crippen molar-refractivity contribution in [3.8, 4) is 0 Å². The lowest BCUT2D eigenvalue weighted by Gasteiger charge is -2.19. The molecule has 3 nitrogen and oxygen atoms in total. The van der Waals surface area contributed by atoms with Crippen molar-refractivity contribution < 1.29 is 9.52 Å². The second-order valence-electron chi connectivity index (χ2n) is 4.63. The third-order valence-corrected chi connectivity index (χ3v) is 3.19. The first-order valence-electron chi connectivity index (χ1n) is 6.10. The van der Waals surface area contributed by atoms with Crippen molar-refractivity contribution in [2.24, 2.45) is 0 Å². The van der Waals surface area contributed by atoms with Gasteiger partial charge in [0.15, 0.2) is 0 Å². The lowest BCUT2D eigenvalue weighted by Crippen LogP contribution is -2.16. The highest BCUT2D eigenvalue weighted by Crippen LogP contribution is 2.20. The van der Waals surface area contributed by atoms with E-state index in [0.29, 0.717) is 0 Å². The monoisotopic (exact) mass is 245 g/mol. The first-order chi connectivity index (χ1) is 8.58. The Morgan fingerprint density at radius 2 is 1.89 bits per heavy atom. The van der Waals surface area contributed by atoms with Crippen LogP contribution in [-0.4, -0.2) is 12.2 Å². The predicted octanol–water partition coefficient (Wildman–Crippen LogP) is 3.28. The van der Waals surface area contributed by atoms with E-state index in [2.05, 4.69) is 4.90 Å². The van der Waals surface area contributed by atoms with E-state index in [1.54, 1.807) is 13.2 Å². The van der Waals surface area contributed by atoms with Gasteiger partial charge in [0.2, 0.25) is 0 Å². The van der Waals surface area contributed by atoms with Crippen LogP contribution in [0.3, 0.4) is 0 Å². The Balaban J connectivity index is 2.09. The van der Waals surface area contributed by atoms with Gasteiger partial charge in [-0.15, -0.1) is 0 Å². The van der Waals surface area contributed by atoms with Crippen molar-refractivity contribution in [3.05, 3.63) is 53.5 Å². The van der Waals surface area contributed by atoms with Crippen molar-refractivity contribution in [3.63, 3.8) is 0 Å². The molecule has 18 heavy (non-hydrogen) atoms. The van der Waals surface area contributed by atoms with Crippen molar-refractivity contribution in [1.29, 1.82) is 0 Å². The van der Waals surface area contributed by atoms with Crippen molar-refractivity contribution in [1.82, 2.24) is 0 Å². The number of hydrogen-bond acceptors (Lipinski definition) is 3. The zero-order valence-corrected chi connectivity index (χ0v) is 11.1. The Kier molecular flexibility index (Phi) is 3.72. The fourth-order valence-corrected chi connectivity index (χ4v) is 1.93. The summed E-state index contributed by atoms with van der Waals surface area (Å²) < 4.78 is 5.29. The summed E-state index contributed by atoms with van der Waals surface area (Å²) >= 11 is 0. The molecule has 0 saturated heterocycles. The van der Waals surface area contributed by atoms with Gasteiger partial charge in [0.25, 0.3) is 0 Å². The molecule has 96 valence electrons. The van der Waals surface area contributed by atoms with Gasteiger partial charge in [-0.05, 0) is 37.6 Å². The van der Waals surface area contributed by atoms with Crippen LogP contribution in [0.15, 0.2) is 41.0 Å². The number of aryl methyl sites for hydroxylation is 1. The second-order valence-corrected chi connectivity index (χ2v) is 4.63. The standard InChI is InChI=1S/C15H19NO2/c1-11(17)13-4-6-15(7-5-13)16(3)10-14-8-9-18-12(14)2/h4-9,11,17H,10H2,1-3H3/t11-/m0/s1. The van der Waals surface area contributed by atoms with Crippen LogP contribution in [0.5, 0.6) is 0 Å². The van der Waals surface area contributed by atoms with Crippen LogP contribution in [0.4, 0.5) is 5.69 Å². The maximum atomic E-state index is 9.47. The molecular weight excluding hydrogens is 226 g/mol. The van der Waals surface area contributed by atoms with Crippen LogP contribution >= 0.6 is 0 Å². The summed E-state index contributed by atoms with van der Waals surface area (Å²) in [6.07, 6.45) is 1.30. The van der Waals surface area contributed by atoms with E-state index in [0.717, 1.165) is 23.6 Å². The van der Waals surface area contributed by atoms with Crippen LogP contribution < -0.4 is 4.90 Å². The van der Waals surface area contributed by atoms with Crippen LogP contribution in [0, 0.1) is 6.92 Å². The molecule has 0 spiro atoms. The summed E-state index contributed by atoms with van der Waals surface area (Å²) in [5, 5.41) is 9.47. The number of benzene rings is 1. The SMILES string of the molecule is Cc1occc1CN(C)c1ccc([C@H](C)O)cc1. The number of aliphatic hydroxyl groups is 1. The molecule has 0 aliphatic rings. The van der Waals surface area contributed by atoms with Gasteiger partial charge in [-0.3, -0.25) is 0 Å². The summed E-state index contributed by atoms with van der Waals surface area (Å²) in [6.45, 7) is 4.56. The van der Waals surface area contributed by atoms with E-state index < -0.39 is 6.10 Å². The Hall–Kier alpha value is -1.74.